The van der Waals surface area contributed by atoms with Gasteiger partial charge in [-0.15, -0.1) is 0 Å². The van der Waals surface area contributed by atoms with E-state index in [4.69, 9.17) is 4.42 Å². The lowest BCUT2D eigenvalue weighted by Crippen LogP contribution is -2.33. The second kappa shape index (κ2) is 7.67. The molecule has 6 aromatic rings. The zero-order valence-corrected chi connectivity index (χ0v) is 17.4. The van der Waals surface area contributed by atoms with Crippen LogP contribution in [0.25, 0.3) is 44.7 Å². The van der Waals surface area contributed by atoms with Crippen LogP contribution in [0, 0.1) is 11.6 Å². The van der Waals surface area contributed by atoms with Crippen molar-refractivity contribution >= 4 is 22.0 Å². The molecule has 0 unspecified atom stereocenters. The first-order chi connectivity index (χ1) is 16.1. The fraction of sp³-hybridized carbons (Fsp3) is 0.0370. The zero-order valence-electron chi connectivity index (χ0n) is 17.4. The first-order valence-corrected chi connectivity index (χ1v) is 10.6. The molecule has 3 heterocycles. The normalized spacial score (nSPS) is 11.5. The molecule has 0 saturated carbocycles. The molecule has 0 saturated heterocycles. The van der Waals surface area contributed by atoms with Gasteiger partial charge in [-0.2, -0.15) is 4.57 Å². The Hall–Kier alpha value is -4.32. The van der Waals surface area contributed by atoms with Crippen molar-refractivity contribution in [1.29, 1.82) is 0 Å². The third kappa shape index (κ3) is 3.55. The molecule has 0 radical (unpaired) electrons. The predicted octanol–water partition coefficient (Wildman–Crippen LogP) is 6.26. The number of nitrogens with one attached hydrogen (secondary N) is 1. The van der Waals surface area contributed by atoms with Gasteiger partial charge in [0.15, 0.2) is 30.6 Å². The number of hydrogen-bond donors (Lipinski definition) is 1. The lowest BCUT2D eigenvalue weighted by Gasteiger charge is -2.00. The van der Waals surface area contributed by atoms with Gasteiger partial charge >= 0.3 is 0 Å². The Morgan fingerprint density at radius 3 is 2.61 bits per heavy atom. The van der Waals surface area contributed by atoms with E-state index in [1.165, 1.54) is 12.1 Å². The molecule has 160 valence electrons. The zero-order chi connectivity index (χ0) is 22.4. The van der Waals surface area contributed by atoms with Crippen molar-refractivity contribution < 1.29 is 17.8 Å². The number of furan rings is 1. The van der Waals surface area contributed by atoms with Crippen LogP contribution < -0.4 is 4.57 Å². The Kier molecular flexibility index (Phi) is 4.50. The Balaban J connectivity index is 1.26. The van der Waals surface area contributed by atoms with Gasteiger partial charge in [-0.3, -0.25) is 0 Å². The number of H-pyrrole nitrogens is 1. The minimum atomic E-state index is -0.908. The lowest BCUT2D eigenvalue weighted by atomic mass is 10.1. The molecule has 0 aliphatic rings. The van der Waals surface area contributed by atoms with Crippen LogP contribution in [0.1, 0.15) is 5.56 Å². The summed E-state index contributed by atoms with van der Waals surface area (Å²) in [5.41, 5.74) is 4.55. The van der Waals surface area contributed by atoms with Crippen LogP contribution >= 0.6 is 0 Å². The number of aromatic nitrogens is 3. The highest BCUT2D eigenvalue weighted by atomic mass is 19.2. The largest absolute Gasteiger partial charge is 0.456 e. The number of rotatable bonds is 4. The number of nitrogens with zero attached hydrogens (tertiary/aromatic N) is 2. The molecule has 0 aliphatic heterocycles. The van der Waals surface area contributed by atoms with E-state index < -0.39 is 11.6 Å². The third-order valence-corrected chi connectivity index (χ3v) is 5.72. The standard InChI is InChI=1S/C27H17F2N3O/c28-21-6-3-5-20(26(21)29)27-30-22-12-13-32(16-23(22)31-27)15-17-8-10-18(11-9-17)25-14-19-4-1-2-7-24(19)33-25/h1-14,16H,15H2/p+1. The topological polar surface area (TPSA) is 45.7 Å². The number of benzene rings is 3. The predicted molar refractivity (Wildman–Crippen MR) is 122 cm³/mol. The van der Waals surface area contributed by atoms with Crippen molar-refractivity contribution in [1.82, 2.24) is 9.97 Å². The molecule has 4 nitrogen and oxygen atoms in total. The second-order valence-electron chi connectivity index (χ2n) is 7.95. The van der Waals surface area contributed by atoms with Crippen molar-refractivity contribution in [2.45, 2.75) is 6.54 Å². The summed E-state index contributed by atoms with van der Waals surface area (Å²) in [6, 6.07) is 24.2. The van der Waals surface area contributed by atoms with Gasteiger partial charge in [-0.05, 0) is 24.3 Å². The van der Waals surface area contributed by atoms with Crippen LogP contribution in [-0.2, 0) is 6.54 Å². The van der Waals surface area contributed by atoms with Crippen molar-refractivity contribution in [3.05, 3.63) is 108 Å². The monoisotopic (exact) mass is 438 g/mol. The summed E-state index contributed by atoms with van der Waals surface area (Å²) in [7, 11) is 0. The molecule has 1 N–H and O–H groups in total. The van der Waals surface area contributed by atoms with Crippen molar-refractivity contribution in [2.24, 2.45) is 0 Å². The van der Waals surface area contributed by atoms with Gasteiger partial charge < -0.3 is 9.40 Å². The van der Waals surface area contributed by atoms with Crippen LogP contribution in [0.2, 0.25) is 0 Å². The summed E-state index contributed by atoms with van der Waals surface area (Å²) >= 11 is 0. The molecule has 0 aliphatic carbocycles. The first kappa shape index (κ1) is 19.4. The number of aromatic amines is 1. The van der Waals surface area contributed by atoms with Crippen molar-refractivity contribution in [3.63, 3.8) is 0 Å². The fourth-order valence-electron chi connectivity index (χ4n) is 4.02. The van der Waals surface area contributed by atoms with E-state index in [0.717, 1.165) is 39.4 Å². The van der Waals surface area contributed by atoms with Gasteiger partial charge in [0, 0.05) is 22.6 Å². The van der Waals surface area contributed by atoms with Gasteiger partial charge in [0.05, 0.1) is 5.56 Å². The molecule has 0 bridgehead atoms. The first-order valence-electron chi connectivity index (χ1n) is 10.6. The van der Waals surface area contributed by atoms with Crippen LogP contribution in [0.4, 0.5) is 8.78 Å². The molecule has 0 atom stereocenters. The van der Waals surface area contributed by atoms with E-state index in [1.807, 2.05) is 65.5 Å². The van der Waals surface area contributed by atoms with E-state index >= 15 is 0 Å². The molecule has 6 heteroatoms. The molecule has 0 spiro atoms. The van der Waals surface area contributed by atoms with Gasteiger partial charge in [0.1, 0.15) is 28.2 Å². The summed E-state index contributed by atoms with van der Waals surface area (Å²) in [6.45, 7) is 0.652. The van der Waals surface area contributed by atoms with E-state index in [9.17, 15) is 8.78 Å². The summed E-state index contributed by atoms with van der Waals surface area (Å²) in [5.74, 6) is -0.663. The molecule has 0 fully saturated rings. The lowest BCUT2D eigenvalue weighted by molar-refractivity contribution is -0.687. The van der Waals surface area contributed by atoms with Gasteiger partial charge in [0.2, 0.25) is 0 Å². The SMILES string of the molecule is Fc1cccc(-c2nc3cc[n+](Cc4ccc(-c5cc6ccccc6o5)cc4)cc3[nH]2)c1F. The van der Waals surface area contributed by atoms with E-state index in [-0.39, 0.29) is 5.56 Å². The summed E-state index contributed by atoms with van der Waals surface area (Å²) in [6.07, 6.45) is 3.83. The third-order valence-electron chi connectivity index (χ3n) is 5.72. The molecule has 3 aromatic carbocycles. The maximum Gasteiger partial charge on any atom is 0.195 e. The minimum absolute atomic E-state index is 0.110. The van der Waals surface area contributed by atoms with E-state index in [2.05, 4.69) is 22.1 Å². The maximum absolute atomic E-state index is 14.2. The number of hydrogen-bond acceptors (Lipinski definition) is 2. The highest BCUT2D eigenvalue weighted by molar-refractivity contribution is 5.82. The quantitative estimate of drug-likeness (QED) is 0.330. The van der Waals surface area contributed by atoms with Gasteiger partial charge in [-0.1, -0.05) is 48.5 Å². The van der Waals surface area contributed by atoms with Crippen molar-refractivity contribution in [2.75, 3.05) is 0 Å². The minimum Gasteiger partial charge on any atom is -0.456 e. The van der Waals surface area contributed by atoms with Crippen molar-refractivity contribution in [3.8, 4) is 22.7 Å². The van der Waals surface area contributed by atoms with Crippen LogP contribution in [-0.4, -0.2) is 9.97 Å². The molecular formula is C27H18F2N3O+. The molecular weight excluding hydrogens is 420 g/mol. The summed E-state index contributed by atoms with van der Waals surface area (Å²) < 4.78 is 35.7. The highest BCUT2D eigenvalue weighted by Crippen LogP contribution is 2.28. The number of pyridine rings is 1. The smallest absolute Gasteiger partial charge is 0.195 e. The van der Waals surface area contributed by atoms with E-state index in [0.29, 0.717) is 17.9 Å². The van der Waals surface area contributed by atoms with Crippen LogP contribution in [0.3, 0.4) is 0 Å². The fourth-order valence-corrected chi connectivity index (χ4v) is 4.02. The summed E-state index contributed by atoms with van der Waals surface area (Å²) in [4.78, 5) is 7.51. The van der Waals surface area contributed by atoms with Gasteiger partial charge in [0.25, 0.3) is 0 Å². The van der Waals surface area contributed by atoms with E-state index in [1.54, 1.807) is 0 Å². The highest BCUT2D eigenvalue weighted by Gasteiger charge is 2.15. The van der Waals surface area contributed by atoms with Gasteiger partial charge in [-0.25, -0.2) is 13.8 Å². The summed E-state index contributed by atoms with van der Waals surface area (Å²) in [5, 5.41) is 1.08. The molecule has 33 heavy (non-hydrogen) atoms. The number of fused-ring (bicyclic) bond motifs is 2. The Morgan fingerprint density at radius 2 is 1.76 bits per heavy atom. The molecule has 3 aromatic heterocycles. The maximum atomic E-state index is 14.2. The van der Waals surface area contributed by atoms with Crippen LogP contribution in [0.5, 0.6) is 0 Å². The Bertz CT molecular complexity index is 1580. The number of halogens is 2. The molecule has 6 rings (SSSR count). The number of para-hydroxylation sites is 1. The Labute approximate surface area is 187 Å². The van der Waals surface area contributed by atoms with Crippen LogP contribution in [0.15, 0.2) is 95.7 Å². The average Bonchev–Trinajstić information content (AvgIpc) is 3.45. The second-order valence-corrected chi connectivity index (χ2v) is 7.95. The number of imidazole rings is 1. The molecule has 0 amide bonds. The average molecular weight is 438 g/mol. The Morgan fingerprint density at radius 1 is 0.909 bits per heavy atom.